The normalized spacial score (nSPS) is 18.3. The fourth-order valence-corrected chi connectivity index (χ4v) is 4.16. The summed E-state index contributed by atoms with van der Waals surface area (Å²) in [7, 11) is 0. The number of anilines is 2. The average molecular weight is 381 g/mol. The van der Waals surface area contributed by atoms with Crippen LogP contribution in [0, 0.1) is 0 Å². The molecular weight excluding hydrogens is 362 g/mol. The second kappa shape index (κ2) is 6.84. The van der Waals surface area contributed by atoms with Crippen molar-refractivity contribution in [1.29, 1.82) is 0 Å². The Morgan fingerprint density at radius 3 is 3.26 bits per heavy atom. The average Bonchev–Trinajstić information content (AvgIpc) is 3.26. The van der Waals surface area contributed by atoms with Crippen molar-refractivity contribution in [1.82, 2.24) is 29.4 Å². The summed E-state index contributed by atoms with van der Waals surface area (Å²) in [5.74, 6) is 0.693. The first-order valence-electron chi connectivity index (χ1n) is 8.90. The first kappa shape index (κ1) is 16.5. The maximum absolute atomic E-state index is 5.61. The van der Waals surface area contributed by atoms with Gasteiger partial charge in [-0.05, 0) is 36.7 Å². The number of H-pyrrole nitrogens is 1. The molecule has 0 spiro atoms. The summed E-state index contributed by atoms with van der Waals surface area (Å²) in [6.07, 6.45) is 3.85. The second-order valence-electron chi connectivity index (χ2n) is 6.71. The van der Waals surface area contributed by atoms with E-state index in [1.54, 1.807) is 6.20 Å². The maximum atomic E-state index is 5.61. The van der Waals surface area contributed by atoms with Gasteiger partial charge in [0.2, 0.25) is 0 Å². The van der Waals surface area contributed by atoms with Crippen molar-refractivity contribution in [3.63, 3.8) is 0 Å². The van der Waals surface area contributed by atoms with Gasteiger partial charge < -0.3 is 10.1 Å². The van der Waals surface area contributed by atoms with Crippen molar-refractivity contribution >= 4 is 44.3 Å². The number of morpholine rings is 1. The van der Waals surface area contributed by atoms with Gasteiger partial charge in [-0.3, -0.25) is 20.0 Å². The van der Waals surface area contributed by atoms with Crippen LogP contribution < -0.4 is 5.32 Å². The Labute approximate surface area is 159 Å². The summed E-state index contributed by atoms with van der Waals surface area (Å²) >= 11 is 1.48. The largest absolute Gasteiger partial charge is 0.376 e. The highest BCUT2D eigenvalue weighted by Crippen LogP contribution is 2.27. The molecule has 1 saturated heterocycles. The van der Waals surface area contributed by atoms with Crippen molar-refractivity contribution < 1.29 is 4.74 Å². The second-order valence-corrected chi connectivity index (χ2v) is 7.52. The Hall–Kier alpha value is -2.62. The Kier molecular flexibility index (Phi) is 4.19. The van der Waals surface area contributed by atoms with Crippen molar-refractivity contribution in [2.45, 2.75) is 19.6 Å². The van der Waals surface area contributed by atoms with E-state index in [0.717, 1.165) is 58.9 Å². The molecule has 0 bridgehead atoms. The SMILES string of the molecule is C[C@H]1CN(Cc2nsc3cc(Nc4n[nH]c5cccnc45)cnc23)CCO1. The molecule has 0 radical (unpaired) electrons. The van der Waals surface area contributed by atoms with E-state index in [9.17, 15) is 0 Å². The standard InChI is InChI=1S/C18H19N7OS/c1-11-9-25(5-6-26-11)10-14-16-15(27-24-14)7-12(8-20-16)21-18-17-13(22-23-18)3-2-4-19-17/h2-4,7-8,11H,5-6,9-10H2,1H3,(H2,21,22,23)/t11-/m0/s1. The third-order valence-electron chi connectivity index (χ3n) is 4.66. The Balaban J connectivity index is 1.38. The zero-order valence-corrected chi connectivity index (χ0v) is 15.7. The molecule has 4 aromatic rings. The molecule has 9 heteroatoms. The topological polar surface area (TPSA) is 91.9 Å². The fraction of sp³-hybridized carbons (Fsp3) is 0.333. The number of hydrogen-bond acceptors (Lipinski definition) is 8. The van der Waals surface area contributed by atoms with E-state index in [2.05, 4.69) is 47.7 Å². The number of aromatic amines is 1. The van der Waals surface area contributed by atoms with Crippen molar-refractivity contribution in [3.8, 4) is 0 Å². The number of fused-ring (bicyclic) bond motifs is 2. The molecule has 0 aliphatic carbocycles. The fourth-order valence-electron chi connectivity index (χ4n) is 3.37. The highest BCUT2D eigenvalue weighted by molar-refractivity contribution is 7.13. The summed E-state index contributed by atoms with van der Waals surface area (Å²) in [4.78, 5) is 11.4. The van der Waals surface area contributed by atoms with Crippen LogP contribution in [0.15, 0.2) is 30.6 Å². The minimum Gasteiger partial charge on any atom is -0.376 e. The van der Waals surface area contributed by atoms with Gasteiger partial charge >= 0.3 is 0 Å². The van der Waals surface area contributed by atoms with E-state index < -0.39 is 0 Å². The lowest BCUT2D eigenvalue weighted by molar-refractivity contribution is -0.0213. The Morgan fingerprint density at radius 2 is 2.33 bits per heavy atom. The quantitative estimate of drug-likeness (QED) is 0.561. The molecule has 0 aromatic carbocycles. The molecule has 5 heterocycles. The van der Waals surface area contributed by atoms with Gasteiger partial charge in [0.25, 0.3) is 0 Å². The van der Waals surface area contributed by atoms with Gasteiger partial charge in [-0.2, -0.15) is 9.47 Å². The zero-order chi connectivity index (χ0) is 18.2. The Morgan fingerprint density at radius 1 is 1.37 bits per heavy atom. The van der Waals surface area contributed by atoms with Crippen molar-refractivity contribution in [3.05, 3.63) is 36.3 Å². The van der Waals surface area contributed by atoms with Crippen LogP contribution in [0.1, 0.15) is 12.6 Å². The van der Waals surface area contributed by atoms with Crippen LogP contribution in [0.2, 0.25) is 0 Å². The molecule has 27 heavy (non-hydrogen) atoms. The summed E-state index contributed by atoms with van der Waals surface area (Å²) in [5, 5.41) is 10.6. The van der Waals surface area contributed by atoms with Gasteiger partial charge in [0.15, 0.2) is 5.82 Å². The molecule has 4 aromatic heterocycles. The number of ether oxygens (including phenoxy) is 1. The molecule has 138 valence electrons. The number of rotatable bonds is 4. The lowest BCUT2D eigenvalue weighted by Crippen LogP contribution is -2.40. The smallest absolute Gasteiger partial charge is 0.178 e. The highest BCUT2D eigenvalue weighted by Gasteiger charge is 2.19. The van der Waals surface area contributed by atoms with E-state index in [1.807, 2.05) is 18.3 Å². The van der Waals surface area contributed by atoms with Crippen molar-refractivity contribution in [2.24, 2.45) is 0 Å². The third-order valence-corrected chi connectivity index (χ3v) is 5.48. The molecule has 0 unspecified atom stereocenters. The summed E-state index contributed by atoms with van der Waals surface area (Å²) in [5.41, 5.74) is 4.58. The van der Waals surface area contributed by atoms with Crippen LogP contribution in [0.3, 0.4) is 0 Å². The number of aromatic nitrogens is 5. The summed E-state index contributed by atoms with van der Waals surface area (Å²) < 4.78 is 11.3. The lowest BCUT2D eigenvalue weighted by Gasteiger charge is -2.30. The lowest BCUT2D eigenvalue weighted by atomic mass is 10.2. The maximum Gasteiger partial charge on any atom is 0.178 e. The molecule has 2 N–H and O–H groups in total. The van der Waals surface area contributed by atoms with Gasteiger partial charge in [-0.25, -0.2) is 0 Å². The monoisotopic (exact) mass is 381 g/mol. The van der Waals surface area contributed by atoms with Crippen LogP contribution in [0.4, 0.5) is 11.5 Å². The van der Waals surface area contributed by atoms with E-state index in [1.165, 1.54) is 11.5 Å². The Bertz CT molecular complexity index is 1090. The molecular formula is C18H19N7OS. The molecule has 8 nitrogen and oxygen atoms in total. The first-order chi connectivity index (χ1) is 13.3. The van der Waals surface area contributed by atoms with Crippen LogP contribution in [-0.4, -0.2) is 55.2 Å². The number of nitrogens with zero attached hydrogens (tertiary/aromatic N) is 5. The highest BCUT2D eigenvalue weighted by atomic mass is 32.1. The predicted molar refractivity (Wildman–Crippen MR) is 105 cm³/mol. The summed E-state index contributed by atoms with van der Waals surface area (Å²) in [6.45, 7) is 5.55. The predicted octanol–water partition coefficient (Wildman–Crippen LogP) is 2.93. The number of pyridine rings is 2. The van der Waals surface area contributed by atoms with Crippen LogP contribution >= 0.6 is 11.5 Å². The molecule has 1 fully saturated rings. The van der Waals surface area contributed by atoms with E-state index in [4.69, 9.17) is 4.74 Å². The van der Waals surface area contributed by atoms with Crippen LogP contribution in [-0.2, 0) is 11.3 Å². The van der Waals surface area contributed by atoms with Crippen molar-refractivity contribution in [2.75, 3.05) is 25.0 Å². The van der Waals surface area contributed by atoms with E-state index in [0.29, 0.717) is 5.82 Å². The summed E-state index contributed by atoms with van der Waals surface area (Å²) in [6, 6.07) is 5.89. The first-order valence-corrected chi connectivity index (χ1v) is 9.68. The van der Waals surface area contributed by atoms with Gasteiger partial charge in [0.05, 0.1) is 40.5 Å². The third kappa shape index (κ3) is 3.25. The molecule has 0 saturated carbocycles. The molecule has 1 atom stereocenters. The van der Waals surface area contributed by atoms with Crippen LogP contribution in [0.5, 0.6) is 0 Å². The molecule has 0 amide bonds. The van der Waals surface area contributed by atoms with Gasteiger partial charge in [0, 0.05) is 25.8 Å². The van der Waals surface area contributed by atoms with E-state index in [-0.39, 0.29) is 6.10 Å². The van der Waals surface area contributed by atoms with Crippen LogP contribution in [0.25, 0.3) is 21.3 Å². The molecule has 5 rings (SSSR count). The zero-order valence-electron chi connectivity index (χ0n) is 14.8. The molecule has 1 aliphatic heterocycles. The van der Waals surface area contributed by atoms with Gasteiger partial charge in [-0.15, -0.1) is 0 Å². The van der Waals surface area contributed by atoms with E-state index >= 15 is 0 Å². The number of hydrogen-bond donors (Lipinski definition) is 2. The minimum atomic E-state index is 0.268. The number of nitrogens with one attached hydrogen (secondary N) is 2. The van der Waals surface area contributed by atoms with Gasteiger partial charge in [-0.1, -0.05) is 0 Å². The minimum absolute atomic E-state index is 0.268. The molecule has 1 aliphatic rings. The van der Waals surface area contributed by atoms with Gasteiger partial charge in [0.1, 0.15) is 11.0 Å².